The highest BCUT2D eigenvalue weighted by atomic mass is 16.5. The number of alkyl carbamates (subject to hydrolysis) is 1. The summed E-state index contributed by atoms with van der Waals surface area (Å²) in [5.41, 5.74) is 1.69. The average Bonchev–Trinajstić information content (AvgIpc) is 3.75. The van der Waals surface area contributed by atoms with Crippen LogP contribution in [0.2, 0.25) is 0 Å². The van der Waals surface area contributed by atoms with Gasteiger partial charge in [0.2, 0.25) is 17.6 Å². The van der Waals surface area contributed by atoms with Crippen molar-refractivity contribution in [2.75, 3.05) is 40.0 Å². The van der Waals surface area contributed by atoms with E-state index < -0.39 is 59.3 Å². The molecule has 1 aliphatic carbocycles. The Morgan fingerprint density at radius 3 is 2.17 bits per heavy atom. The lowest BCUT2D eigenvalue weighted by molar-refractivity contribution is -0.144. The first-order valence-corrected chi connectivity index (χ1v) is 19.1. The summed E-state index contributed by atoms with van der Waals surface area (Å²) in [5, 5.41) is 13.9. The van der Waals surface area contributed by atoms with Gasteiger partial charge >= 0.3 is 12.1 Å². The Morgan fingerprint density at radius 2 is 1.60 bits per heavy atom. The summed E-state index contributed by atoms with van der Waals surface area (Å²) in [6.07, 6.45) is 2.70. The summed E-state index contributed by atoms with van der Waals surface area (Å²) in [5.74, 6) is -2.92. The summed E-state index contributed by atoms with van der Waals surface area (Å²) in [7, 11) is 1.49. The third-order valence-corrected chi connectivity index (χ3v) is 10.3. The van der Waals surface area contributed by atoms with E-state index in [9.17, 15) is 28.8 Å². The van der Waals surface area contributed by atoms with Gasteiger partial charge in [-0.25, -0.2) is 9.59 Å². The van der Waals surface area contributed by atoms with Crippen molar-refractivity contribution in [3.63, 3.8) is 0 Å². The number of benzene rings is 1. The summed E-state index contributed by atoms with van der Waals surface area (Å²) >= 11 is 0. The maximum Gasteiger partial charge on any atom is 0.407 e. The van der Waals surface area contributed by atoms with Gasteiger partial charge in [0, 0.05) is 26.7 Å². The number of urea groups is 1. The Labute approximate surface area is 314 Å². The predicted molar refractivity (Wildman–Crippen MR) is 201 cm³/mol. The highest BCUT2D eigenvalue weighted by Gasteiger charge is 2.48. The second-order valence-electron chi connectivity index (χ2n) is 15.6. The predicted octanol–water partition coefficient (Wildman–Crippen LogP) is 3.11. The van der Waals surface area contributed by atoms with E-state index in [-0.39, 0.29) is 56.4 Å². The number of likely N-dealkylation sites (tertiary alicyclic amines) is 1. The van der Waals surface area contributed by atoms with Crippen molar-refractivity contribution < 1.29 is 38.2 Å². The second-order valence-corrected chi connectivity index (χ2v) is 15.6. The maximum atomic E-state index is 14.8. The number of unbranched alkanes of at least 4 members (excludes halogenated alkanes) is 1. The molecule has 53 heavy (non-hydrogen) atoms. The summed E-state index contributed by atoms with van der Waals surface area (Å²) in [4.78, 5) is 82.5. The number of rotatable bonds is 18. The maximum absolute atomic E-state index is 14.8. The number of Topliss-reactive ketones (excluding diaryl/α,β-unsaturated/α-hetero) is 1. The highest BCUT2D eigenvalue weighted by Crippen LogP contribution is 2.35. The molecule has 1 aliphatic heterocycles. The van der Waals surface area contributed by atoms with Crippen LogP contribution in [0.4, 0.5) is 9.59 Å². The van der Waals surface area contributed by atoms with E-state index in [2.05, 4.69) is 26.6 Å². The zero-order valence-electron chi connectivity index (χ0n) is 32.8. The van der Waals surface area contributed by atoms with Gasteiger partial charge in [-0.1, -0.05) is 78.6 Å². The van der Waals surface area contributed by atoms with E-state index in [4.69, 9.17) is 9.47 Å². The van der Waals surface area contributed by atoms with Gasteiger partial charge in [-0.2, -0.15) is 0 Å². The summed E-state index contributed by atoms with van der Waals surface area (Å²) in [6, 6.07) is 3.79. The molecule has 0 bridgehead atoms. The minimum atomic E-state index is -1.06. The third-order valence-electron chi connectivity index (χ3n) is 10.3. The quantitative estimate of drug-likeness (QED) is 0.112. The van der Waals surface area contributed by atoms with Gasteiger partial charge in [-0.3, -0.25) is 19.2 Å². The molecular formula is C39H62N6O8. The first-order chi connectivity index (χ1) is 25.1. The fourth-order valence-electron chi connectivity index (χ4n) is 7.14. The van der Waals surface area contributed by atoms with Crippen LogP contribution in [-0.2, 0) is 41.5 Å². The van der Waals surface area contributed by atoms with Crippen LogP contribution in [0.1, 0.15) is 85.3 Å². The molecule has 1 heterocycles. The topological polar surface area (TPSA) is 184 Å². The Balaban J connectivity index is 1.90. The van der Waals surface area contributed by atoms with Crippen molar-refractivity contribution in [3.05, 3.63) is 35.4 Å². The zero-order chi connectivity index (χ0) is 39.3. The number of hydrogen-bond donors (Lipinski definition) is 5. The Morgan fingerprint density at radius 1 is 0.943 bits per heavy atom. The van der Waals surface area contributed by atoms with Gasteiger partial charge in [0.15, 0.2) is 0 Å². The molecule has 5 N–H and O–H groups in total. The highest BCUT2D eigenvalue weighted by molar-refractivity contribution is 6.38. The number of ether oxygens (including phenoxy) is 2. The van der Waals surface area contributed by atoms with E-state index in [1.165, 1.54) is 7.11 Å². The molecule has 0 spiro atoms. The molecule has 1 fully saturated rings. The Hall–Kier alpha value is -4.20. The lowest BCUT2D eigenvalue weighted by Crippen LogP contribution is -2.61. The van der Waals surface area contributed by atoms with E-state index in [1.54, 1.807) is 11.8 Å². The number of carbonyl (C=O) groups excluding carboxylic acids is 6. The number of amides is 6. The van der Waals surface area contributed by atoms with Gasteiger partial charge in [-0.15, -0.1) is 0 Å². The molecule has 3 rings (SSSR count). The summed E-state index contributed by atoms with van der Waals surface area (Å²) in [6.45, 7) is 14.5. The number of carbonyl (C=O) groups is 6. The number of nitrogens with one attached hydrogen (secondary N) is 5. The molecule has 1 aromatic rings. The molecule has 0 aromatic heterocycles. The molecule has 5 atom stereocenters. The van der Waals surface area contributed by atoms with Crippen LogP contribution in [0.5, 0.6) is 0 Å². The molecule has 14 heteroatoms. The largest absolute Gasteiger partial charge is 0.447 e. The Bertz CT molecular complexity index is 1400. The monoisotopic (exact) mass is 742 g/mol. The molecule has 0 radical (unpaired) electrons. The standard InChI is InChI=1S/C39H62N6O8/c1-9-11-16-29(33(46)35(48)41-18-20-52-8)42-34(47)32-28(24(3)4)17-19-45(32)36(49)31(27-21-25-14-12-13-15-26(25)22-27)44-37(50)43-30(39(5,6)7)23-53-38(51)40-10-2/h12-15,24,27-32H,9-11,16-23H2,1-8H3,(H,40,51)(H,41,48)(H,42,47)(H2,43,44,50)/t28-,29?,30-,31?,32?/m1/s1. The van der Waals surface area contributed by atoms with Crippen LogP contribution < -0.4 is 26.6 Å². The lowest BCUT2D eigenvalue weighted by Gasteiger charge is -2.35. The SMILES string of the molecule is CCCCC(NC(=O)C1[C@@H](C(C)C)CCN1C(=O)C(NC(=O)N[C@H](COC(=O)NCC)C(C)(C)C)C1Cc2ccccc2C1)C(=O)C(=O)NCCOC. The zero-order valence-corrected chi connectivity index (χ0v) is 32.8. The van der Waals surface area contributed by atoms with Gasteiger partial charge in [0.1, 0.15) is 18.7 Å². The molecule has 296 valence electrons. The van der Waals surface area contributed by atoms with E-state index in [1.807, 2.05) is 65.8 Å². The van der Waals surface area contributed by atoms with E-state index in [0.29, 0.717) is 32.2 Å². The van der Waals surface area contributed by atoms with Crippen molar-refractivity contribution in [3.8, 4) is 0 Å². The van der Waals surface area contributed by atoms with Crippen molar-refractivity contribution >= 4 is 35.6 Å². The fraction of sp³-hybridized carbons (Fsp3) is 0.692. The molecule has 1 saturated heterocycles. The first kappa shape index (κ1) is 43.2. The minimum absolute atomic E-state index is 0.0218. The van der Waals surface area contributed by atoms with Crippen molar-refractivity contribution in [2.45, 2.75) is 111 Å². The molecule has 3 unspecified atom stereocenters. The third kappa shape index (κ3) is 12.2. The molecule has 0 saturated carbocycles. The molecule has 1 aromatic carbocycles. The van der Waals surface area contributed by atoms with Gasteiger partial charge in [0.05, 0.1) is 18.7 Å². The van der Waals surface area contributed by atoms with Crippen LogP contribution in [-0.4, -0.2) is 105 Å². The number of hydrogen-bond acceptors (Lipinski definition) is 8. The van der Waals surface area contributed by atoms with Crippen LogP contribution in [0.3, 0.4) is 0 Å². The van der Waals surface area contributed by atoms with E-state index >= 15 is 0 Å². The molecular weight excluding hydrogens is 680 g/mol. The van der Waals surface area contributed by atoms with Gasteiger partial charge in [0.25, 0.3) is 5.91 Å². The molecule has 14 nitrogen and oxygen atoms in total. The average molecular weight is 743 g/mol. The second kappa shape index (κ2) is 20.3. The van der Waals surface area contributed by atoms with Crippen LogP contribution >= 0.6 is 0 Å². The van der Waals surface area contributed by atoms with Crippen molar-refractivity contribution in [1.29, 1.82) is 0 Å². The van der Waals surface area contributed by atoms with Gasteiger partial charge in [-0.05, 0) is 66.9 Å². The Kier molecular flexibility index (Phi) is 16.6. The normalized spacial score (nSPS) is 18.8. The molecule has 6 amide bonds. The van der Waals surface area contributed by atoms with Crippen LogP contribution in [0.15, 0.2) is 24.3 Å². The lowest BCUT2D eigenvalue weighted by atomic mass is 9.87. The van der Waals surface area contributed by atoms with Crippen molar-refractivity contribution in [2.24, 2.45) is 23.2 Å². The molecule has 2 aliphatic rings. The van der Waals surface area contributed by atoms with Crippen molar-refractivity contribution in [1.82, 2.24) is 31.5 Å². The van der Waals surface area contributed by atoms with Gasteiger partial charge < -0.3 is 41.0 Å². The summed E-state index contributed by atoms with van der Waals surface area (Å²) < 4.78 is 10.3. The first-order valence-electron chi connectivity index (χ1n) is 19.1. The number of ketones is 1. The fourth-order valence-corrected chi connectivity index (χ4v) is 7.14. The minimum Gasteiger partial charge on any atom is -0.447 e. The number of fused-ring (bicyclic) bond motifs is 1. The van der Waals surface area contributed by atoms with Crippen LogP contribution in [0, 0.1) is 23.2 Å². The number of nitrogens with zero attached hydrogens (tertiary/aromatic N) is 1. The smallest absolute Gasteiger partial charge is 0.407 e. The van der Waals surface area contributed by atoms with E-state index in [0.717, 1.165) is 17.5 Å². The number of methoxy groups -OCH3 is 1. The van der Waals surface area contributed by atoms with Crippen LogP contribution in [0.25, 0.3) is 0 Å².